The Hall–Kier alpha value is -1.58. The minimum Gasteiger partial charge on any atom is -0.385 e. The number of amides is 1. The molecule has 0 bridgehead atoms. The molecule has 1 heterocycles. The van der Waals surface area contributed by atoms with Crippen molar-refractivity contribution < 1.29 is 4.79 Å². The van der Waals surface area contributed by atoms with Crippen LogP contribution >= 0.6 is 0 Å². The molecule has 0 aromatic carbocycles. The lowest BCUT2D eigenvalue weighted by Gasteiger charge is -2.22. The van der Waals surface area contributed by atoms with Crippen molar-refractivity contribution in [3.8, 4) is 0 Å². The number of hydrogen-bond donors (Lipinski definition) is 1. The van der Waals surface area contributed by atoms with Crippen LogP contribution in [0.25, 0.3) is 0 Å². The molecule has 4 heteroatoms. The lowest BCUT2D eigenvalue weighted by atomic mass is 10.1. The Kier molecular flexibility index (Phi) is 3.84. The smallest absolute Gasteiger partial charge is 0.257 e. The Morgan fingerprint density at radius 3 is 2.78 bits per heavy atom. The monoisotopic (exact) mass is 247 g/mol. The number of nitrogens with zero attached hydrogens (tertiary/aromatic N) is 2. The van der Waals surface area contributed by atoms with Crippen molar-refractivity contribution in [1.29, 1.82) is 0 Å². The number of carbonyl (C=O) groups is 1. The third kappa shape index (κ3) is 2.63. The molecule has 1 saturated carbocycles. The van der Waals surface area contributed by atoms with Gasteiger partial charge in [-0.15, -0.1) is 0 Å². The predicted octanol–water partition coefficient (Wildman–Crippen LogP) is 2.45. The first-order valence-corrected chi connectivity index (χ1v) is 6.68. The van der Waals surface area contributed by atoms with Gasteiger partial charge in [0, 0.05) is 31.0 Å². The number of aromatic nitrogens is 1. The van der Waals surface area contributed by atoms with Crippen molar-refractivity contribution in [2.75, 3.05) is 18.4 Å². The van der Waals surface area contributed by atoms with E-state index in [9.17, 15) is 4.79 Å². The molecule has 0 atom stereocenters. The highest BCUT2D eigenvalue weighted by Crippen LogP contribution is 2.29. The summed E-state index contributed by atoms with van der Waals surface area (Å²) in [7, 11) is 0. The third-order valence-corrected chi connectivity index (χ3v) is 3.23. The van der Waals surface area contributed by atoms with Gasteiger partial charge in [0.15, 0.2) is 0 Å². The number of anilines is 1. The van der Waals surface area contributed by atoms with Crippen molar-refractivity contribution >= 4 is 11.6 Å². The van der Waals surface area contributed by atoms with Gasteiger partial charge >= 0.3 is 0 Å². The molecule has 1 N–H and O–H groups in total. The number of pyridine rings is 1. The highest BCUT2D eigenvalue weighted by molar-refractivity contribution is 5.99. The molecule has 0 unspecified atom stereocenters. The van der Waals surface area contributed by atoms with Crippen LogP contribution in [-0.2, 0) is 0 Å². The second kappa shape index (κ2) is 5.38. The highest BCUT2D eigenvalue weighted by atomic mass is 16.2. The molecular weight excluding hydrogens is 226 g/mol. The zero-order valence-electron chi connectivity index (χ0n) is 11.4. The summed E-state index contributed by atoms with van der Waals surface area (Å²) in [4.78, 5) is 18.7. The molecule has 1 aromatic heterocycles. The first-order valence-electron chi connectivity index (χ1n) is 6.68. The Labute approximate surface area is 108 Å². The van der Waals surface area contributed by atoms with E-state index in [4.69, 9.17) is 0 Å². The van der Waals surface area contributed by atoms with E-state index >= 15 is 0 Å². The number of rotatable bonds is 5. The maximum absolute atomic E-state index is 12.5. The molecule has 1 amide bonds. The molecule has 1 fully saturated rings. The van der Waals surface area contributed by atoms with Gasteiger partial charge < -0.3 is 10.2 Å². The van der Waals surface area contributed by atoms with Gasteiger partial charge in [-0.2, -0.15) is 0 Å². The lowest BCUT2D eigenvalue weighted by Crippen LogP contribution is -2.33. The van der Waals surface area contributed by atoms with Crippen LogP contribution in [0, 0.1) is 6.92 Å². The molecule has 0 saturated heterocycles. The SMILES string of the molecule is CCNc1cc(C)ncc1C(=O)N(CC)C1CC1. The molecule has 0 spiro atoms. The second-order valence-electron chi connectivity index (χ2n) is 4.72. The molecule has 1 aliphatic rings. The van der Waals surface area contributed by atoms with E-state index in [0.29, 0.717) is 11.6 Å². The van der Waals surface area contributed by atoms with Crippen molar-refractivity contribution in [2.45, 2.75) is 39.7 Å². The molecule has 1 aliphatic carbocycles. The molecule has 1 aromatic rings. The largest absolute Gasteiger partial charge is 0.385 e. The Morgan fingerprint density at radius 1 is 1.50 bits per heavy atom. The second-order valence-corrected chi connectivity index (χ2v) is 4.72. The average Bonchev–Trinajstić information content (AvgIpc) is 3.15. The van der Waals surface area contributed by atoms with E-state index in [2.05, 4.69) is 10.3 Å². The number of carbonyl (C=O) groups excluding carboxylic acids is 1. The summed E-state index contributed by atoms with van der Waals surface area (Å²) in [6, 6.07) is 2.38. The predicted molar refractivity (Wildman–Crippen MR) is 72.9 cm³/mol. The fourth-order valence-corrected chi connectivity index (χ4v) is 2.18. The minimum atomic E-state index is 0.100. The van der Waals surface area contributed by atoms with Gasteiger partial charge in [0.2, 0.25) is 0 Å². The summed E-state index contributed by atoms with van der Waals surface area (Å²) in [6.07, 6.45) is 3.96. The van der Waals surface area contributed by atoms with Gasteiger partial charge in [0.25, 0.3) is 5.91 Å². The lowest BCUT2D eigenvalue weighted by molar-refractivity contribution is 0.0753. The number of aryl methyl sites for hydroxylation is 1. The molecule has 0 aliphatic heterocycles. The van der Waals surface area contributed by atoms with Crippen molar-refractivity contribution in [3.05, 3.63) is 23.5 Å². The summed E-state index contributed by atoms with van der Waals surface area (Å²) in [5, 5.41) is 3.25. The van der Waals surface area contributed by atoms with Crippen LogP contribution in [0.15, 0.2) is 12.3 Å². The van der Waals surface area contributed by atoms with Gasteiger partial charge in [-0.05, 0) is 39.7 Å². The maximum atomic E-state index is 12.5. The van der Waals surface area contributed by atoms with Crippen molar-refractivity contribution in [2.24, 2.45) is 0 Å². The third-order valence-electron chi connectivity index (χ3n) is 3.23. The standard InChI is InChI=1S/C14H21N3O/c1-4-15-13-8-10(3)16-9-12(13)14(18)17(5-2)11-6-7-11/h8-9,11H,4-7H2,1-3H3,(H,15,16). The molecule has 0 radical (unpaired) electrons. The van der Waals surface area contributed by atoms with Crippen LogP contribution in [0.5, 0.6) is 0 Å². The van der Waals surface area contributed by atoms with Crippen molar-refractivity contribution in [1.82, 2.24) is 9.88 Å². The molecule has 18 heavy (non-hydrogen) atoms. The van der Waals surface area contributed by atoms with Gasteiger partial charge in [-0.1, -0.05) is 0 Å². The summed E-state index contributed by atoms with van der Waals surface area (Å²) in [5.74, 6) is 0.100. The fraction of sp³-hybridized carbons (Fsp3) is 0.571. The van der Waals surface area contributed by atoms with Gasteiger partial charge in [0.1, 0.15) is 0 Å². The van der Waals surface area contributed by atoms with Crippen LogP contribution in [0.1, 0.15) is 42.7 Å². The minimum absolute atomic E-state index is 0.100. The van der Waals surface area contributed by atoms with Crippen LogP contribution in [0.4, 0.5) is 5.69 Å². The quantitative estimate of drug-likeness (QED) is 0.869. The highest BCUT2D eigenvalue weighted by Gasteiger charge is 2.32. The number of nitrogens with one attached hydrogen (secondary N) is 1. The van der Waals surface area contributed by atoms with E-state index in [0.717, 1.165) is 37.3 Å². The van der Waals surface area contributed by atoms with Crippen LogP contribution in [0.3, 0.4) is 0 Å². The van der Waals surface area contributed by atoms with E-state index < -0.39 is 0 Å². The van der Waals surface area contributed by atoms with E-state index in [1.54, 1.807) is 6.20 Å². The normalized spacial score (nSPS) is 14.4. The van der Waals surface area contributed by atoms with E-state index in [1.165, 1.54) is 0 Å². The van der Waals surface area contributed by atoms with Crippen LogP contribution in [0.2, 0.25) is 0 Å². The van der Waals surface area contributed by atoms with Crippen molar-refractivity contribution in [3.63, 3.8) is 0 Å². The molecule has 4 nitrogen and oxygen atoms in total. The first-order chi connectivity index (χ1) is 8.67. The zero-order valence-corrected chi connectivity index (χ0v) is 11.4. The van der Waals surface area contributed by atoms with E-state index in [1.807, 2.05) is 31.7 Å². The van der Waals surface area contributed by atoms with Crippen LogP contribution < -0.4 is 5.32 Å². The topological polar surface area (TPSA) is 45.2 Å². The van der Waals surface area contributed by atoms with Gasteiger partial charge in [0.05, 0.1) is 11.3 Å². The number of hydrogen-bond acceptors (Lipinski definition) is 3. The summed E-state index contributed by atoms with van der Waals surface area (Å²) >= 11 is 0. The summed E-state index contributed by atoms with van der Waals surface area (Å²) in [5.41, 5.74) is 2.52. The fourth-order valence-electron chi connectivity index (χ4n) is 2.18. The Morgan fingerprint density at radius 2 is 2.22 bits per heavy atom. The summed E-state index contributed by atoms with van der Waals surface area (Å²) < 4.78 is 0. The Bertz CT molecular complexity index is 441. The zero-order chi connectivity index (χ0) is 13.1. The van der Waals surface area contributed by atoms with Gasteiger partial charge in [-0.25, -0.2) is 0 Å². The van der Waals surface area contributed by atoms with E-state index in [-0.39, 0.29) is 5.91 Å². The molecular formula is C14H21N3O. The average molecular weight is 247 g/mol. The Balaban J connectivity index is 2.27. The molecule has 98 valence electrons. The first kappa shape index (κ1) is 12.9. The molecule has 2 rings (SSSR count). The van der Waals surface area contributed by atoms with Gasteiger partial charge in [-0.3, -0.25) is 9.78 Å². The maximum Gasteiger partial charge on any atom is 0.257 e. The van der Waals surface area contributed by atoms with Crippen LogP contribution in [-0.4, -0.2) is 34.9 Å². The summed E-state index contributed by atoms with van der Waals surface area (Å²) in [6.45, 7) is 7.57.